The summed E-state index contributed by atoms with van der Waals surface area (Å²) in [5, 5.41) is 14.1. The van der Waals surface area contributed by atoms with Gasteiger partial charge in [0.2, 0.25) is 0 Å². The molecule has 3 N–H and O–H groups in total. The van der Waals surface area contributed by atoms with Crippen LogP contribution in [-0.4, -0.2) is 29.6 Å². The molecule has 1 unspecified atom stereocenters. The molecular formula is C14H18F2N2O3. The molecule has 0 aromatic heterocycles. The summed E-state index contributed by atoms with van der Waals surface area (Å²) in [4.78, 5) is 23.1. The summed E-state index contributed by atoms with van der Waals surface area (Å²) in [5.41, 5.74) is -0.477. The largest absolute Gasteiger partial charge is 0.391 e. The van der Waals surface area contributed by atoms with E-state index in [0.717, 1.165) is 18.2 Å². The van der Waals surface area contributed by atoms with Gasteiger partial charge in [0.1, 0.15) is 0 Å². The molecule has 0 fully saturated rings. The highest BCUT2D eigenvalue weighted by Crippen LogP contribution is 2.18. The van der Waals surface area contributed by atoms with Crippen molar-refractivity contribution in [3.05, 3.63) is 29.8 Å². The van der Waals surface area contributed by atoms with E-state index in [1.54, 1.807) is 20.8 Å². The molecule has 0 radical (unpaired) electrons. The van der Waals surface area contributed by atoms with Crippen LogP contribution in [0.15, 0.2) is 18.2 Å². The van der Waals surface area contributed by atoms with E-state index in [1.165, 1.54) is 0 Å². The summed E-state index contributed by atoms with van der Waals surface area (Å²) in [6.07, 6.45) is -0.822. The van der Waals surface area contributed by atoms with Crippen molar-refractivity contribution >= 4 is 17.5 Å². The van der Waals surface area contributed by atoms with Gasteiger partial charge in [-0.1, -0.05) is 20.8 Å². The summed E-state index contributed by atoms with van der Waals surface area (Å²) in [5.74, 6) is -4.17. The number of aliphatic hydroxyl groups is 1. The van der Waals surface area contributed by atoms with Crippen molar-refractivity contribution in [3.8, 4) is 0 Å². The predicted octanol–water partition coefficient (Wildman–Crippen LogP) is 1.43. The zero-order valence-electron chi connectivity index (χ0n) is 12.0. The van der Waals surface area contributed by atoms with Gasteiger partial charge in [0.05, 0.1) is 6.10 Å². The van der Waals surface area contributed by atoms with Crippen LogP contribution in [0.4, 0.5) is 14.5 Å². The second-order valence-electron chi connectivity index (χ2n) is 5.67. The first-order valence-corrected chi connectivity index (χ1v) is 6.33. The number of nitrogens with one attached hydrogen (secondary N) is 2. The van der Waals surface area contributed by atoms with E-state index in [2.05, 4.69) is 10.6 Å². The Balaban J connectivity index is 2.55. The fourth-order valence-corrected chi connectivity index (χ4v) is 1.34. The Morgan fingerprint density at radius 1 is 1.19 bits per heavy atom. The summed E-state index contributed by atoms with van der Waals surface area (Å²) < 4.78 is 25.7. The summed E-state index contributed by atoms with van der Waals surface area (Å²) >= 11 is 0. The maximum Gasteiger partial charge on any atom is 0.313 e. The van der Waals surface area contributed by atoms with Crippen molar-refractivity contribution < 1.29 is 23.5 Å². The molecule has 1 rings (SSSR count). The Bertz CT molecular complexity index is 542. The van der Waals surface area contributed by atoms with Gasteiger partial charge in [0, 0.05) is 18.3 Å². The Hall–Kier alpha value is -2.02. The van der Waals surface area contributed by atoms with Crippen molar-refractivity contribution in [2.24, 2.45) is 5.41 Å². The van der Waals surface area contributed by atoms with Gasteiger partial charge in [0.15, 0.2) is 11.6 Å². The monoisotopic (exact) mass is 300 g/mol. The number of carbonyl (C=O) groups excluding carboxylic acids is 2. The lowest BCUT2D eigenvalue weighted by Crippen LogP contribution is -2.43. The molecule has 0 heterocycles. The number of hydrogen-bond donors (Lipinski definition) is 3. The predicted molar refractivity (Wildman–Crippen MR) is 73.5 cm³/mol. The van der Waals surface area contributed by atoms with Crippen LogP contribution in [0.2, 0.25) is 0 Å². The van der Waals surface area contributed by atoms with Crippen LogP contribution in [0, 0.1) is 17.0 Å². The Morgan fingerprint density at radius 3 is 2.33 bits per heavy atom. The van der Waals surface area contributed by atoms with Crippen LogP contribution >= 0.6 is 0 Å². The van der Waals surface area contributed by atoms with E-state index in [1.807, 2.05) is 0 Å². The van der Waals surface area contributed by atoms with Gasteiger partial charge in [-0.25, -0.2) is 8.78 Å². The van der Waals surface area contributed by atoms with Crippen LogP contribution in [0.5, 0.6) is 0 Å². The number of benzene rings is 1. The minimum absolute atomic E-state index is 0.0366. The lowest BCUT2D eigenvalue weighted by Gasteiger charge is -2.25. The number of halogens is 2. The normalized spacial score (nSPS) is 12.7. The zero-order valence-corrected chi connectivity index (χ0v) is 12.0. The average Bonchev–Trinajstić information content (AvgIpc) is 2.38. The third-order valence-corrected chi connectivity index (χ3v) is 2.84. The van der Waals surface area contributed by atoms with Crippen molar-refractivity contribution in [2.75, 3.05) is 11.9 Å². The van der Waals surface area contributed by atoms with Crippen molar-refractivity contribution in [1.82, 2.24) is 5.32 Å². The summed E-state index contributed by atoms with van der Waals surface area (Å²) in [6.45, 7) is 5.26. The second kappa shape index (κ2) is 6.62. The van der Waals surface area contributed by atoms with Crippen molar-refractivity contribution in [2.45, 2.75) is 26.9 Å². The Labute approximate surface area is 121 Å². The molecule has 1 aromatic carbocycles. The molecule has 0 aliphatic carbocycles. The minimum Gasteiger partial charge on any atom is -0.391 e. The molecule has 7 heteroatoms. The van der Waals surface area contributed by atoms with Crippen LogP contribution < -0.4 is 10.6 Å². The highest BCUT2D eigenvalue weighted by molar-refractivity contribution is 6.39. The molecule has 0 saturated carbocycles. The SMILES string of the molecule is CC(C)(C)C(O)CNC(=O)C(=O)Nc1ccc(F)c(F)c1. The minimum atomic E-state index is -1.13. The smallest absolute Gasteiger partial charge is 0.313 e. The first kappa shape index (κ1) is 17.0. The molecule has 0 bridgehead atoms. The summed E-state index contributed by atoms with van der Waals surface area (Å²) in [7, 11) is 0. The fourth-order valence-electron chi connectivity index (χ4n) is 1.34. The number of amides is 2. The average molecular weight is 300 g/mol. The van der Waals surface area contributed by atoms with E-state index in [9.17, 15) is 23.5 Å². The van der Waals surface area contributed by atoms with Crippen LogP contribution in [0.1, 0.15) is 20.8 Å². The standard InChI is InChI=1S/C14H18F2N2O3/c1-14(2,3)11(19)7-17-12(20)13(21)18-8-4-5-9(15)10(16)6-8/h4-6,11,19H,7H2,1-3H3,(H,17,20)(H,18,21). The van der Waals surface area contributed by atoms with E-state index in [0.29, 0.717) is 0 Å². The van der Waals surface area contributed by atoms with Crippen LogP contribution in [0.25, 0.3) is 0 Å². The zero-order chi connectivity index (χ0) is 16.2. The number of hydrogen-bond acceptors (Lipinski definition) is 3. The lowest BCUT2D eigenvalue weighted by atomic mass is 9.89. The van der Waals surface area contributed by atoms with E-state index in [-0.39, 0.29) is 12.2 Å². The lowest BCUT2D eigenvalue weighted by molar-refractivity contribution is -0.136. The van der Waals surface area contributed by atoms with E-state index < -0.39 is 35.0 Å². The third-order valence-electron chi connectivity index (χ3n) is 2.84. The van der Waals surface area contributed by atoms with Gasteiger partial charge in [0.25, 0.3) is 0 Å². The molecule has 0 spiro atoms. The van der Waals surface area contributed by atoms with Crippen LogP contribution in [0.3, 0.4) is 0 Å². The van der Waals surface area contributed by atoms with Gasteiger partial charge in [-0.05, 0) is 17.5 Å². The maximum absolute atomic E-state index is 13.0. The van der Waals surface area contributed by atoms with E-state index >= 15 is 0 Å². The molecular weight excluding hydrogens is 282 g/mol. The van der Waals surface area contributed by atoms with Gasteiger partial charge in [-0.3, -0.25) is 9.59 Å². The molecule has 1 atom stereocenters. The maximum atomic E-state index is 13.0. The first-order valence-electron chi connectivity index (χ1n) is 6.33. The van der Waals surface area contributed by atoms with Crippen molar-refractivity contribution in [1.29, 1.82) is 0 Å². The number of anilines is 1. The topological polar surface area (TPSA) is 78.4 Å². The highest BCUT2D eigenvalue weighted by Gasteiger charge is 2.23. The number of aliphatic hydroxyl groups excluding tert-OH is 1. The quantitative estimate of drug-likeness (QED) is 0.739. The Morgan fingerprint density at radius 2 is 1.81 bits per heavy atom. The molecule has 2 amide bonds. The molecule has 21 heavy (non-hydrogen) atoms. The Kier molecular flexibility index (Phi) is 5.37. The number of carbonyl (C=O) groups is 2. The molecule has 0 saturated heterocycles. The van der Waals surface area contributed by atoms with Gasteiger partial charge in [-0.2, -0.15) is 0 Å². The van der Waals surface area contributed by atoms with Gasteiger partial charge >= 0.3 is 11.8 Å². The van der Waals surface area contributed by atoms with Gasteiger partial charge < -0.3 is 15.7 Å². The van der Waals surface area contributed by atoms with Crippen molar-refractivity contribution in [3.63, 3.8) is 0 Å². The molecule has 116 valence electrons. The molecule has 0 aliphatic rings. The molecule has 0 aliphatic heterocycles. The third kappa shape index (κ3) is 5.11. The summed E-state index contributed by atoms with van der Waals surface area (Å²) in [6, 6.07) is 2.74. The fraction of sp³-hybridized carbons (Fsp3) is 0.429. The first-order chi connectivity index (χ1) is 9.61. The van der Waals surface area contributed by atoms with Gasteiger partial charge in [-0.15, -0.1) is 0 Å². The molecule has 5 nitrogen and oxygen atoms in total. The number of rotatable bonds is 3. The molecule has 1 aromatic rings. The van der Waals surface area contributed by atoms with E-state index in [4.69, 9.17) is 0 Å². The van der Waals surface area contributed by atoms with Crippen LogP contribution in [-0.2, 0) is 9.59 Å². The second-order valence-corrected chi connectivity index (χ2v) is 5.67. The highest BCUT2D eigenvalue weighted by atomic mass is 19.2.